The average molecular weight is 334 g/mol. The number of carbonyl (C=O) groups is 1. The molecule has 1 atom stereocenters. The minimum absolute atomic E-state index is 0.0773. The molecule has 0 aliphatic carbocycles. The fraction of sp³-hybridized carbons (Fsp3) is 0.500. The summed E-state index contributed by atoms with van der Waals surface area (Å²) in [4.78, 5) is 13.9. The lowest BCUT2D eigenvalue weighted by Gasteiger charge is -2.24. The molecule has 21 heavy (non-hydrogen) atoms. The summed E-state index contributed by atoms with van der Waals surface area (Å²) in [6.45, 7) is 3.95. The second-order valence-electron chi connectivity index (χ2n) is 5.24. The van der Waals surface area contributed by atoms with E-state index < -0.39 is 20.8 Å². The van der Waals surface area contributed by atoms with Gasteiger partial charge in [-0.2, -0.15) is 0 Å². The first kappa shape index (κ1) is 16.2. The van der Waals surface area contributed by atoms with Gasteiger partial charge in [0.2, 0.25) is 0 Å². The molecule has 1 fully saturated rings. The highest BCUT2D eigenvalue weighted by Crippen LogP contribution is 2.27. The van der Waals surface area contributed by atoms with Crippen LogP contribution in [0.5, 0.6) is 0 Å². The van der Waals surface area contributed by atoms with Crippen molar-refractivity contribution in [2.75, 3.05) is 6.54 Å². The Kier molecular flexibility index (Phi) is 4.58. The summed E-state index contributed by atoms with van der Waals surface area (Å²) in [6, 6.07) is 2.24. The third-order valence-electron chi connectivity index (χ3n) is 3.85. The predicted octanol–water partition coefficient (Wildman–Crippen LogP) is 3.08. The average Bonchev–Trinajstić information content (AvgIpc) is 2.88. The number of amides is 1. The lowest BCUT2D eigenvalue weighted by Crippen LogP contribution is -2.35. The Morgan fingerprint density at radius 1 is 1.48 bits per heavy atom. The first-order chi connectivity index (χ1) is 9.75. The zero-order valence-corrected chi connectivity index (χ0v) is 13.5. The van der Waals surface area contributed by atoms with Crippen LogP contribution in [0, 0.1) is 12.7 Å². The van der Waals surface area contributed by atoms with E-state index in [9.17, 15) is 17.6 Å². The van der Waals surface area contributed by atoms with E-state index in [4.69, 9.17) is 10.7 Å². The van der Waals surface area contributed by atoms with Gasteiger partial charge >= 0.3 is 0 Å². The molecule has 7 heteroatoms. The molecule has 0 saturated carbocycles. The zero-order chi connectivity index (χ0) is 15.8. The molecule has 1 aliphatic rings. The van der Waals surface area contributed by atoms with Crippen molar-refractivity contribution >= 4 is 25.6 Å². The maximum absolute atomic E-state index is 14.2. The second-order valence-corrected chi connectivity index (χ2v) is 7.81. The molecule has 0 radical (unpaired) electrons. The van der Waals surface area contributed by atoms with Crippen molar-refractivity contribution < 1.29 is 17.6 Å². The van der Waals surface area contributed by atoms with Crippen molar-refractivity contribution in [3.63, 3.8) is 0 Å². The van der Waals surface area contributed by atoms with Gasteiger partial charge in [0, 0.05) is 23.3 Å². The molecule has 116 valence electrons. The van der Waals surface area contributed by atoms with Gasteiger partial charge in [0.1, 0.15) is 5.82 Å². The molecule has 0 spiro atoms. The van der Waals surface area contributed by atoms with Crippen LogP contribution in [0.1, 0.15) is 42.1 Å². The second kappa shape index (κ2) is 5.93. The highest BCUT2D eigenvalue weighted by Gasteiger charge is 2.30. The lowest BCUT2D eigenvalue weighted by atomic mass is 10.1. The van der Waals surface area contributed by atoms with Gasteiger partial charge in [-0.1, -0.05) is 6.92 Å². The first-order valence-corrected chi connectivity index (χ1v) is 9.12. The van der Waals surface area contributed by atoms with Crippen LogP contribution >= 0.6 is 10.7 Å². The SMILES string of the molecule is CCC1CCCN1C(=O)c1cc(S(=O)(=O)Cl)cc(C)c1F. The lowest BCUT2D eigenvalue weighted by molar-refractivity contribution is 0.0728. The van der Waals surface area contributed by atoms with Gasteiger partial charge in [-0.25, -0.2) is 12.8 Å². The minimum Gasteiger partial charge on any atom is -0.336 e. The van der Waals surface area contributed by atoms with Gasteiger partial charge in [-0.15, -0.1) is 0 Å². The van der Waals surface area contributed by atoms with Crippen LogP contribution in [-0.2, 0) is 9.05 Å². The molecule has 0 N–H and O–H groups in total. The number of hydrogen-bond donors (Lipinski definition) is 0. The Morgan fingerprint density at radius 3 is 2.71 bits per heavy atom. The van der Waals surface area contributed by atoms with Crippen LogP contribution in [-0.4, -0.2) is 31.8 Å². The van der Waals surface area contributed by atoms with Crippen LogP contribution in [0.25, 0.3) is 0 Å². The van der Waals surface area contributed by atoms with Crippen molar-refractivity contribution in [3.8, 4) is 0 Å². The molecule has 1 heterocycles. The van der Waals surface area contributed by atoms with Gasteiger partial charge in [0.05, 0.1) is 10.5 Å². The molecular formula is C14H17ClFNO3S. The molecule has 1 saturated heterocycles. The first-order valence-electron chi connectivity index (χ1n) is 6.81. The van der Waals surface area contributed by atoms with E-state index >= 15 is 0 Å². The molecule has 4 nitrogen and oxygen atoms in total. The van der Waals surface area contributed by atoms with Crippen molar-refractivity contribution in [1.82, 2.24) is 4.90 Å². The Morgan fingerprint density at radius 2 is 2.14 bits per heavy atom. The molecule has 1 aromatic rings. The van der Waals surface area contributed by atoms with E-state index in [1.807, 2.05) is 6.92 Å². The highest BCUT2D eigenvalue weighted by atomic mass is 35.7. The van der Waals surface area contributed by atoms with E-state index in [-0.39, 0.29) is 22.1 Å². The van der Waals surface area contributed by atoms with E-state index in [1.54, 1.807) is 4.90 Å². The van der Waals surface area contributed by atoms with E-state index in [1.165, 1.54) is 6.92 Å². The van der Waals surface area contributed by atoms with Crippen LogP contribution in [0.3, 0.4) is 0 Å². The summed E-state index contributed by atoms with van der Waals surface area (Å²) in [5.74, 6) is -1.16. The number of likely N-dealkylation sites (tertiary alicyclic amines) is 1. The van der Waals surface area contributed by atoms with Crippen molar-refractivity contribution in [2.24, 2.45) is 0 Å². The number of aryl methyl sites for hydroxylation is 1. The molecule has 1 aromatic carbocycles. The van der Waals surface area contributed by atoms with Gasteiger partial charge in [0.25, 0.3) is 15.0 Å². The fourth-order valence-corrected chi connectivity index (χ4v) is 3.56. The van der Waals surface area contributed by atoms with Gasteiger partial charge in [-0.05, 0) is 43.9 Å². The highest BCUT2D eigenvalue weighted by molar-refractivity contribution is 8.13. The summed E-state index contributed by atoms with van der Waals surface area (Å²) >= 11 is 0. The van der Waals surface area contributed by atoms with Crippen LogP contribution in [0.4, 0.5) is 4.39 Å². The molecule has 0 aromatic heterocycles. The quantitative estimate of drug-likeness (QED) is 0.799. The third kappa shape index (κ3) is 3.21. The molecule has 2 rings (SSSR count). The summed E-state index contributed by atoms with van der Waals surface area (Å²) in [6.07, 6.45) is 2.55. The Hall–Kier alpha value is -1.14. The van der Waals surface area contributed by atoms with E-state index in [0.717, 1.165) is 31.4 Å². The zero-order valence-electron chi connectivity index (χ0n) is 11.9. The maximum Gasteiger partial charge on any atom is 0.261 e. The van der Waals surface area contributed by atoms with Crippen LogP contribution < -0.4 is 0 Å². The fourth-order valence-electron chi connectivity index (χ4n) is 2.72. The number of nitrogens with zero attached hydrogens (tertiary/aromatic N) is 1. The Balaban J connectivity index is 2.48. The number of carbonyl (C=O) groups excluding carboxylic acids is 1. The maximum atomic E-state index is 14.2. The molecule has 1 amide bonds. The van der Waals surface area contributed by atoms with Crippen molar-refractivity contribution in [1.29, 1.82) is 0 Å². The monoisotopic (exact) mass is 333 g/mol. The normalized spacial score (nSPS) is 19.0. The van der Waals surface area contributed by atoms with E-state index in [2.05, 4.69) is 0 Å². The molecule has 1 aliphatic heterocycles. The van der Waals surface area contributed by atoms with Crippen LogP contribution in [0.2, 0.25) is 0 Å². The van der Waals surface area contributed by atoms with Gasteiger partial charge in [-0.3, -0.25) is 4.79 Å². The Bertz CT molecular complexity index is 675. The topological polar surface area (TPSA) is 54.5 Å². The number of halogens is 2. The largest absolute Gasteiger partial charge is 0.336 e. The number of benzene rings is 1. The van der Waals surface area contributed by atoms with Crippen LogP contribution in [0.15, 0.2) is 17.0 Å². The number of rotatable bonds is 3. The summed E-state index contributed by atoms with van der Waals surface area (Å²) in [5.41, 5.74) is -0.137. The summed E-state index contributed by atoms with van der Waals surface area (Å²) < 4.78 is 37.1. The standard InChI is InChI=1S/C14H17ClFNO3S/c1-3-10-5-4-6-17(10)14(18)12-8-11(21(15,19)20)7-9(2)13(12)16/h7-8,10H,3-6H2,1-2H3. The van der Waals surface area contributed by atoms with E-state index in [0.29, 0.717) is 6.54 Å². The predicted molar refractivity (Wildman–Crippen MR) is 78.5 cm³/mol. The van der Waals surface area contributed by atoms with Crippen molar-refractivity contribution in [3.05, 3.63) is 29.1 Å². The summed E-state index contributed by atoms with van der Waals surface area (Å²) in [5, 5.41) is 0. The number of hydrogen-bond acceptors (Lipinski definition) is 3. The molecular weight excluding hydrogens is 317 g/mol. The van der Waals surface area contributed by atoms with Crippen molar-refractivity contribution in [2.45, 2.75) is 44.0 Å². The summed E-state index contributed by atoms with van der Waals surface area (Å²) in [7, 11) is 1.29. The molecule has 0 bridgehead atoms. The Labute approximate surface area is 128 Å². The van der Waals surface area contributed by atoms with Gasteiger partial charge < -0.3 is 4.90 Å². The smallest absolute Gasteiger partial charge is 0.261 e. The minimum atomic E-state index is -4.01. The molecule has 1 unspecified atom stereocenters. The third-order valence-corrected chi connectivity index (χ3v) is 5.18. The van der Waals surface area contributed by atoms with Gasteiger partial charge in [0.15, 0.2) is 0 Å².